The Balaban J connectivity index is 1.71. The van der Waals surface area contributed by atoms with E-state index in [0.717, 1.165) is 11.1 Å². The van der Waals surface area contributed by atoms with Gasteiger partial charge in [-0.2, -0.15) is 5.10 Å². The van der Waals surface area contributed by atoms with E-state index in [2.05, 4.69) is 10.5 Å². The molecule has 8 heteroatoms. The van der Waals surface area contributed by atoms with Crippen LogP contribution in [0.15, 0.2) is 84.0 Å². The van der Waals surface area contributed by atoms with Gasteiger partial charge in [0.2, 0.25) is 0 Å². The van der Waals surface area contributed by atoms with Crippen molar-refractivity contribution in [1.29, 1.82) is 0 Å². The maximum absolute atomic E-state index is 12.3. The average Bonchev–Trinajstić information content (AvgIpc) is 2.78. The Labute approximate surface area is 178 Å². The third kappa shape index (κ3) is 5.39. The molecule has 3 aromatic rings. The molecule has 1 amide bonds. The summed E-state index contributed by atoms with van der Waals surface area (Å²) in [6.45, 7) is 0.884. The number of esters is 1. The standard InChI is InChI=1S/C23H19N3O5/c1-16-9-8-14-19(22(16)26(29)30)23(28)31-15-20(27)24-25-21(17-10-4-2-5-11-17)18-12-6-3-7-13-18/h2-14H,15H2,1H3,(H,24,27). The number of ether oxygens (including phenoxy) is 1. The van der Waals surface area contributed by atoms with Crippen LogP contribution < -0.4 is 5.43 Å². The number of para-hydroxylation sites is 1. The van der Waals surface area contributed by atoms with E-state index >= 15 is 0 Å². The van der Waals surface area contributed by atoms with Crippen LogP contribution in [-0.4, -0.2) is 29.1 Å². The molecule has 0 aliphatic rings. The Kier molecular flexibility index (Phi) is 6.85. The van der Waals surface area contributed by atoms with Crippen LogP contribution in [-0.2, 0) is 9.53 Å². The van der Waals surface area contributed by atoms with Crippen molar-refractivity contribution in [3.63, 3.8) is 0 Å². The van der Waals surface area contributed by atoms with Gasteiger partial charge in [-0.15, -0.1) is 0 Å². The average molecular weight is 417 g/mol. The topological polar surface area (TPSA) is 111 Å². The quantitative estimate of drug-likeness (QED) is 0.273. The van der Waals surface area contributed by atoms with Gasteiger partial charge in [0.05, 0.1) is 10.6 Å². The first-order valence-corrected chi connectivity index (χ1v) is 9.36. The summed E-state index contributed by atoms with van der Waals surface area (Å²) in [5.74, 6) is -1.63. The van der Waals surface area contributed by atoms with Gasteiger partial charge in [-0.05, 0) is 13.0 Å². The minimum Gasteiger partial charge on any atom is -0.452 e. The van der Waals surface area contributed by atoms with Crippen molar-refractivity contribution in [2.45, 2.75) is 6.92 Å². The van der Waals surface area contributed by atoms with Crippen LogP contribution in [0.2, 0.25) is 0 Å². The fourth-order valence-electron chi connectivity index (χ4n) is 2.91. The molecule has 31 heavy (non-hydrogen) atoms. The van der Waals surface area contributed by atoms with Crippen LogP contribution in [0.25, 0.3) is 0 Å². The molecule has 0 unspecified atom stereocenters. The molecule has 8 nitrogen and oxygen atoms in total. The lowest BCUT2D eigenvalue weighted by Crippen LogP contribution is -2.26. The van der Waals surface area contributed by atoms with Gasteiger partial charge in [-0.1, -0.05) is 72.8 Å². The van der Waals surface area contributed by atoms with E-state index in [4.69, 9.17) is 4.74 Å². The number of nitrogens with one attached hydrogen (secondary N) is 1. The highest BCUT2D eigenvalue weighted by molar-refractivity contribution is 6.13. The van der Waals surface area contributed by atoms with Gasteiger partial charge in [-0.3, -0.25) is 14.9 Å². The van der Waals surface area contributed by atoms with Gasteiger partial charge in [0.25, 0.3) is 11.6 Å². The predicted octanol–water partition coefficient (Wildman–Crippen LogP) is 3.63. The van der Waals surface area contributed by atoms with Gasteiger partial charge >= 0.3 is 5.97 Å². The molecule has 0 atom stereocenters. The summed E-state index contributed by atoms with van der Waals surface area (Å²) < 4.78 is 4.95. The largest absolute Gasteiger partial charge is 0.452 e. The lowest BCUT2D eigenvalue weighted by atomic mass is 10.0. The number of hydrogen-bond donors (Lipinski definition) is 1. The van der Waals surface area contributed by atoms with Crippen molar-refractivity contribution < 1.29 is 19.2 Å². The molecule has 0 aliphatic heterocycles. The summed E-state index contributed by atoms with van der Waals surface area (Å²) in [7, 11) is 0. The third-order valence-electron chi connectivity index (χ3n) is 4.36. The number of amides is 1. The second kappa shape index (κ2) is 9.93. The number of hydrogen-bond acceptors (Lipinski definition) is 6. The fraction of sp³-hybridized carbons (Fsp3) is 0.0870. The molecule has 0 bridgehead atoms. The van der Waals surface area contributed by atoms with Crippen LogP contribution >= 0.6 is 0 Å². The van der Waals surface area contributed by atoms with E-state index in [0.29, 0.717) is 11.3 Å². The van der Waals surface area contributed by atoms with E-state index in [1.54, 1.807) is 0 Å². The van der Waals surface area contributed by atoms with Crippen molar-refractivity contribution in [1.82, 2.24) is 5.43 Å². The first kappa shape index (κ1) is 21.4. The van der Waals surface area contributed by atoms with E-state index in [-0.39, 0.29) is 11.3 Å². The molecular weight excluding hydrogens is 398 g/mol. The lowest BCUT2D eigenvalue weighted by molar-refractivity contribution is -0.385. The Morgan fingerprint density at radius 2 is 1.52 bits per heavy atom. The zero-order valence-corrected chi connectivity index (χ0v) is 16.6. The van der Waals surface area contributed by atoms with Crippen molar-refractivity contribution in [2.24, 2.45) is 5.10 Å². The molecule has 3 rings (SSSR count). The lowest BCUT2D eigenvalue weighted by Gasteiger charge is -2.09. The van der Waals surface area contributed by atoms with Crippen molar-refractivity contribution >= 4 is 23.3 Å². The zero-order valence-electron chi connectivity index (χ0n) is 16.6. The van der Waals surface area contributed by atoms with E-state index < -0.39 is 23.4 Å². The summed E-state index contributed by atoms with van der Waals surface area (Å²) in [4.78, 5) is 35.0. The maximum Gasteiger partial charge on any atom is 0.345 e. The molecular formula is C23H19N3O5. The first-order chi connectivity index (χ1) is 15.0. The number of nitrogens with zero attached hydrogens (tertiary/aromatic N) is 2. The van der Waals surface area contributed by atoms with Crippen LogP contribution in [0.5, 0.6) is 0 Å². The molecule has 0 aliphatic carbocycles. The smallest absolute Gasteiger partial charge is 0.345 e. The third-order valence-corrected chi connectivity index (χ3v) is 4.36. The van der Waals surface area contributed by atoms with Crippen LogP contribution in [0.3, 0.4) is 0 Å². The normalized spacial score (nSPS) is 10.1. The summed E-state index contributed by atoms with van der Waals surface area (Å²) >= 11 is 0. The van der Waals surface area contributed by atoms with E-state index in [1.165, 1.54) is 25.1 Å². The summed E-state index contributed by atoms with van der Waals surface area (Å²) in [5.41, 5.74) is 4.26. The Hall–Kier alpha value is -4.33. The number of benzene rings is 3. The number of carbonyl (C=O) groups excluding carboxylic acids is 2. The maximum atomic E-state index is 12.3. The molecule has 0 radical (unpaired) electrons. The summed E-state index contributed by atoms with van der Waals surface area (Å²) in [5, 5.41) is 15.4. The number of aryl methyl sites for hydroxylation is 1. The van der Waals surface area contributed by atoms with Crippen molar-refractivity contribution in [2.75, 3.05) is 6.61 Å². The monoisotopic (exact) mass is 417 g/mol. The minimum absolute atomic E-state index is 0.212. The van der Waals surface area contributed by atoms with Gasteiger partial charge in [0.1, 0.15) is 5.56 Å². The number of carbonyl (C=O) groups is 2. The van der Waals surface area contributed by atoms with E-state index in [9.17, 15) is 19.7 Å². The van der Waals surface area contributed by atoms with Crippen LogP contribution in [0.1, 0.15) is 27.0 Å². The number of rotatable bonds is 7. The Bertz CT molecular complexity index is 1090. The van der Waals surface area contributed by atoms with Gasteiger partial charge in [0, 0.05) is 16.7 Å². The van der Waals surface area contributed by atoms with Crippen molar-refractivity contribution in [3.8, 4) is 0 Å². The fourth-order valence-corrected chi connectivity index (χ4v) is 2.91. The summed E-state index contributed by atoms with van der Waals surface area (Å²) in [6.07, 6.45) is 0. The highest BCUT2D eigenvalue weighted by atomic mass is 16.6. The Morgan fingerprint density at radius 3 is 2.06 bits per heavy atom. The number of nitro benzene ring substituents is 1. The molecule has 0 spiro atoms. The molecule has 156 valence electrons. The number of nitro groups is 1. The zero-order chi connectivity index (χ0) is 22.2. The Morgan fingerprint density at radius 1 is 0.935 bits per heavy atom. The van der Waals surface area contributed by atoms with Crippen LogP contribution in [0, 0.1) is 17.0 Å². The second-order valence-electron chi connectivity index (χ2n) is 6.53. The molecule has 0 saturated carbocycles. The SMILES string of the molecule is Cc1cccc(C(=O)OCC(=O)NN=C(c2ccccc2)c2ccccc2)c1[N+](=O)[O-]. The molecule has 1 N–H and O–H groups in total. The highest BCUT2D eigenvalue weighted by Gasteiger charge is 2.24. The molecule has 0 saturated heterocycles. The second-order valence-corrected chi connectivity index (χ2v) is 6.53. The predicted molar refractivity (Wildman–Crippen MR) is 115 cm³/mol. The number of hydrazone groups is 1. The summed E-state index contributed by atoms with van der Waals surface area (Å²) in [6, 6.07) is 22.9. The molecule has 0 aromatic heterocycles. The van der Waals surface area contributed by atoms with Gasteiger partial charge < -0.3 is 4.74 Å². The molecule has 0 fully saturated rings. The van der Waals surface area contributed by atoms with Gasteiger partial charge in [-0.25, -0.2) is 10.2 Å². The highest BCUT2D eigenvalue weighted by Crippen LogP contribution is 2.23. The van der Waals surface area contributed by atoms with E-state index in [1.807, 2.05) is 60.7 Å². The molecule has 0 heterocycles. The van der Waals surface area contributed by atoms with Crippen molar-refractivity contribution in [3.05, 3.63) is 111 Å². The minimum atomic E-state index is -0.958. The van der Waals surface area contributed by atoms with Crippen LogP contribution in [0.4, 0.5) is 5.69 Å². The molecule has 3 aromatic carbocycles. The van der Waals surface area contributed by atoms with Gasteiger partial charge in [0.15, 0.2) is 6.61 Å². The first-order valence-electron chi connectivity index (χ1n) is 9.36.